The van der Waals surface area contributed by atoms with Gasteiger partial charge in [-0.25, -0.2) is 0 Å². The van der Waals surface area contributed by atoms with Crippen LogP contribution in [0, 0.1) is 0 Å². The maximum absolute atomic E-state index is 11.4. The van der Waals surface area contributed by atoms with Crippen molar-refractivity contribution in [2.45, 2.75) is 31.2 Å². The van der Waals surface area contributed by atoms with Crippen LogP contribution >= 0.6 is 0 Å². The van der Waals surface area contributed by atoms with Gasteiger partial charge in [0.25, 0.3) is 0 Å². The number of ether oxygens (including phenoxy) is 1. The van der Waals surface area contributed by atoms with Gasteiger partial charge in [-0.3, -0.25) is 4.79 Å². The molecule has 0 saturated heterocycles. The molecule has 3 rings (SSSR count). The molecule has 5 nitrogen and oxygen atoms in total. The summed E-state index contributed by atoms with van der Waals surface area (Å²) in [5, 5.41) is 9.35. The van der Waals surface area contributed by atoms with Gasteiger partial charge in [0.15, 0.2) is 0 Å². The Balaban J connectivity index is 2.04. The van der Waals surface area contributed by atoms with Crippen molar-refractivity contribution in [2.24, 2.45) is 5.73 Å². The van der Waals surface area contributed by atoms with E-state index < -0.39 is 11.5 Å². The summed E-state index contributed by atoms with van der Waals surface area (Å²) in [7, 11) is 2.06. The number of benzene rings is 1. The third kappa shape index (κ3) is 2.12. The summed E-state index contributed by atoms with van der Waals surface area (Å²) in [6.07, 6.45) is 2.83. The van der Waals surface area contributed by atoms with E-state index in [2.05, 4.69) is 24.1 Å². The number of carboxylic acid groups (broad SMARTS) is 1. The molecule has 0 bridgehead atoms. The van der Waals surface area contributed by atoms with E-state index >= 15 is 0 Å². The Bertz CT molecular complexity index is 558. The van der Waals surface area contributed by atoms with Crippen LogP contribution < -0.4 is 15.4 Å². The second-order valence-electron chi connectivity index (χ2n) is 5.85. The number of anilines is 1. The molecule has 3 N–H and O–H groups in total. The monoisotopic (exact) mass is 276 g/mol. The molecule has 0 aliphatic carbocycles. The number of carboxylic acids is 1. The van der Waals surface area contributed by atoms with Gasteiger partial charge in [0, 0.05) is 32.1 Å². The Kier molecular flexibility index (Phi) is 3.09. The van der Waals surface area contributed by atoms with E-state index in [-0.39, 0.29) is 0 Å². The summed E-state index contributed by atoms with van der Waals surface area (Å²) in [6, 6.07) is 4.12. The molecule has 20 heavy (non-hydrogen) atoms. The van der Waals surface area contributed by atoms with E-state index in [0.717, 1.165) is 30.7 Å². The number of hydrogen-bond donors (Lipinski definition) is 2. The largest absolute Gasteiger partial charge is 0.493 e. The highest BCUT2D eigenvalue weighted by Gasteiger charge is 2.37. The molecule has 0 radical (unpaired) electrons. The molecule has 1 aromatic carbocycles. The van der Waals surface area contributed by atoms with Crippen LogP contribution in [-0.4, -0.2) is 36.8 Å². The molecule has 2 aliphatic rings. The molecule has 5 heteroatoms. The first-order valence-electron chi connectivity index (χ1n) is 7.02. The second-order valence-corrected chi connectivity index (χ2v) is 5.85. The fourth-order valence-corrected chi connectivity index (χ4v) is 3.06. The van der Waals surface area contributed by atoms with E-state index in [0.29, 0.717) is 19.4 Å². The maximum atomic E-state index is 11.4. The lowest BCUT2D eigenvalue weighted by Gasteiger charge is -2.29. The van der Waals surface area contributed by atoms with Gasteiger partial charge >= 0.3 is 5.97 Å². The topological polar surface area (TPSA) is 75.8 Å². The first-order chi connectivity index (χ1) is 9.49. The number of aryl methyl sites for hydroxylation is 1. The van der Waals surface area contributed by atoms with Crippen LogP contribution in [0.5, 0.6) is 5.75 Å². The Morgan fingerprint density at radius 3 is 3.00 bits per heavy atom. The normalized spacial score (nSPS) is 25.2. The minimum atomic E-state index is -1.23. The average molecular weight is 276 g/mol. The molecule has 0 spiro atoms. The summed E-state index contributed by atoms with van der Waals surface area (Å²) in [6.45, 7) is 1.38. The molecule has 1 aromatic rings. The summed E-state index contributed by atoms with van der Waals surface area (Å²) < 4.78 is 5.73. The summed E-state index contributed by atoms with van der Waals surface area (Å²) in [5.74, 6) is -0.160. The molecule has 0 fully saturated rings. The van der Waals surface area contributed by atoms with Crippen molar-refractivity contribution in [3.05, 3.63) is 23.3 Å². The lowest BCUT2D eigenvalue weighted by Crippen LogP contribution is -2.50. The fourth-order valence-electron chi connectivity index (χ4n) is 3.06. The van der Waals surface area contributed by atoms with E-state index in [4.69, 9.17) is 10.5 Å². The van der Waals surface area contributed by atoms with Crippen molar-refractivity contribution in [1.82, 2.24) is 0 Å². The highest BCUT2D eigenvalue weighted by Crippen LogP contribution is 2.36. The molecule has 108 valence electrons. The number of carbonyl (C=O) groups is 1. The van der Waals surface area contributed by atoms with Gasteiger partial charge in [0.1, 0.15) is 11.3 Å². The van der Waals surface area contributed by atoms with E-state index in [9.17, 15) is 9.90 Å². The van der Waals surface area contributed by atoms with E-state index in [1.165, 1.54) is 11.3 Å². The van der Waals surface area contributed by atoms with Crippen LogP contribution in [-0.2, 0) is 17.6 Å². The smallest absolute Gasteiger partial charge is 0.324 e. The van der Waals surface area contributed by atoms with Gasteiger partial charge in [0.05, 0.1) is 6.61 Å². The Hall–Kier alpha value is -1.75. The Labute approximate surface area is 118 Å². The van der Waals surface area contributed by atoms with E-state index in [1.807, 2.05) is 0 Å². The van der Waals surface area contributed by atoms with Gasteiger partial charge in [-0.05, 0) is 36.1 Å². The number of nitrogens with two attached hydrogens (primary N) is 1. The molecule has 0 saturated carbocycles. The van der Waals surface area contributed by atoms with Gasteiger partial charge < -0.3 is 20.5 Å². The van der Waals surface area contributed by atoms with Gasteiger partial charge in [-0.15, -0.1) is 0 Å². The van der Waals surface area contributed by atoms with Crippen LogP contribution in [0.15, 0.2) is 12.1 Å². The zero-order chi connectivity index (χ0) is 14.3. The molecular formula is C15H20N2O3. The minimum absolute atomic E-state index is 0.318. The van der Waals surface area contributed by atoms with Crippen molar-refractivity contribution < 1.29 is 14.6 Å². The molecule has 0 amide bonds. The molecule has 1 unspecified atom stereocenters. The molecule has 0 aromatic heterocycles. The second kappa shape index (κ2) is 4.66. The minimum Gasteiger partial charge on any atom is -0.493 e. The quantitative estimate of drug-likeness (QED) is 0.805. The predicted molar refractivity (Wildman–Crippen MR) is 76.4 cm³/mol. The Morgan fingerprint density at radius 2 is 2.25 bits per heavy atom. The highest BCUT2D eigenvalue weighted by atomic mass is 16.5. The van der Waals surface area contributed by atoms with Crippen molar-refractivity contribution in [2.75, 3.05) is 25.1 Å². The zero-order valence-corrected chi connectivity index (χ0v) is 11.7. The lowest BCUT2D eigenvalue weighted by molar-refractivity contribution is -0.143. The van der Waals surface area contributed by atoms with Crippen molar-refractivity contribution in [1.29, 1.82) is 0 Å². The zero-order valence-electron chi connectivity index (χ0n) is 11.7. The lowest BCUT2D eigenvalue weighted by atomic mass is 9.88. The standard InChI is InChI=1S/C15H20N2O3/c1-17-5-2-3-10-8-13-11(7-12(10)17)9-15(16,14(18)19)4-6-20-13/h7-8H,2-6,9,16H2,1H3,(H,18,19). The third-order valence-electron chi connectivity index (χ3n) is 4.35. The first-order valence-corrected chi connectivity index (χ1v) is 7.02. The van der Waals surface area contributed by atoms with Crippen LogP contribution in [0.3, 0.4) is 0 Å². The summed E-state index contributed by atoms with van der Waals surface area (Å²) in [4.78, 5) is 13.6. The van der Waals surface area contributed by atoms with Crippen molar-refractivity contribution >= 4 is 11.7 Å². The van der Waals surface area contributed by atoms with E-state index in [1.54, 1.807) is 0 Å². The van der Waals surface area contributed by atoms with Crippen molar-refractivity contribution in [3.8, 4) is 5.75 Å². The van der Waals surface area contributed by atoms with Crippen molar-refractivity contribution in [3.63, 3.8) is 0 Å². The SMILES string of the molecule is CN1CCCc2cc3c(cc21)CC(N)(C(=O)O)CCO3. The highest BCUT2D eigenvalue weighted by molar-refractivity contribution is 5.79. The number of fused-ring (bicyclic) bond motifs is 2. The summed E-state index contributed by atoms with van der Waals surface area (Å²) >= 11 is 0. The molecule has 1 atom stereocenters. The summed E-state index contributed by atoms with van der Waals surface area (Å²) in [5.41, 5.74) is 8.16. The number of rotatable bonds is 1. The predicted octanol–water partition coefficient (Wildman–Crippen LogP) is 1.18. The number of aliphatic carboxylic acids is 1. The van der Waals surface area contributed by atoms with Gasteiger partial charge in [-0.1, -0.05) is 0 Å². The van der Waals surface area contributed by atoms with Crippen LogP contribution in [0.1, 0.15) is 24.0 Å². The van der Waals surface area contributed by atoms with Gasteiger partial charge in [0.2, 0.25) is 0 Å². The number of nitrogens with zero attached hydrogens (tertiary/aromatic N) is 1. The fraction of sp³-hybridized carbons (Fsp3) is 0.533. The first kappa shape index (κ1) is 13.2. The Morgan fingerprint density at radius 1 is 1.45 bits per heavy atom. The van der Waals surface area contributed by atoms with Crippen LogP contribution in [0.4, 0.5) is 5.69 Å². The molecular weight excluding hydrogens is 256 g/mol. The third-order valence-corrected chi connectivity index (χ3v) is 4.35. The van der Waals surface area contributed by atoms with Crippen LogP contribution in [0.2, 0.25) is 0 Å². The molecule has 2 heterocycles. The van der Waals surface area contributed by atoms with Gasteiger partial charge in [-0.2, -0.15) is 0 Å². The molecule has 2 aliphatic heterocycles. The maximum Gasteiger partial charge on any atom is 0.324 e. The average Bonchev–Trinajstić information content (AvgIpc) is 2.56. The van der Waals surface area contributed by atoms with Crippen LogP contribution in [0.25, 0.3) is 0 Å². The number of hydrogen-bond acceptors (Lipinski definition) is 4.